The van der Waals surface area contributed by atoms with E-state index in [0.717, 1.165) is 59.2 Å². The van der Waals surface area contributed by atoms with Crippen LogP contribution in [-0.2, 0) is 19.5 Å². The third kappa shape index (κ3) is 3.83. The second-order valence-electron chi connectivity index (χ2n) is 7.41. The number of aryl methyl sites for hydroxylation is 2. The molecule has 0 bridgehead atoms. The van der Waals surface area contributed by atoms with E-state index in [1.165, 1.54) is 6.42 Å². The summed E-state index contributed by atoms with van der Waals surface area (Å²) in [6.07, 6.45) is 6.20. The van der Waals surface area contributed by atoms with E-state index in [1.54, 1.807) is 0 Å². The lowest BCUT2D eigenvalue weighted by Gasteiger charge is -2.07. The van der Waals surface area contributed by atoms with Gasteiger partial charge in [0.2, 0.25) is 0 Å². The predicted octanol–water partition coefficient (Wildman–Crippen LogP) is 4.58. The Morgan fingerprint density at radius 3 is 2.83 bits per heavy atom. The Labute approximate surface area is 175 Å². The molecule has 7 heteroatoms. The van der Waals surface area contributed by atoms with Crippen LogP contribution in [0.1, 0.15) is 53.4 Å². The van der Waals surface area contributed by atoms with Crippen LogP contribution in [0.3, 0.4) is 0 Å². The van der Waals surface area contributed by atoms with Gasteiger partial charge in [-0.1, -0.05) is 36.2 Å². The standard InChI is InChI=1S/C22H23ClN6/c1-15-19(16(2)29(27-15)14-17-8-5-6-9-20(17)23)12-18(13-24)22-26-25-21-10-4-3-7-11-28(21)22/h5-6,8-9,12H,3-4,7,10-11,14H2,1-2H3. The van der Waals surface area contributed by atoms with Crippen LogP contribution in [0.15, 0.2) is 24.3 Å². The summed E-state index contributed by atoms with van der Waals surface area (Å²) in [5.74, 6) is 1.63. The number of fused-ring (bicyclic) bond motifs is 1. The topological polar surface area (TPSA) is 72.3 Å². The van der Waals surface area contributed by atoms with Crippen LogP contribution >= 0.6 is 11.6 Å². The van der Waals surface area contributed by atoms with Crippen molar-refractivity contribution in [2.24, 2.45) is 0 Å². The van der Waals surface area contributed by atoms with Crippen molar-refractivity contribution in [2.45, 2.75) is 52.6 Å². The number of hydrogen-bond acceptors (Lipinski definition) is 4. The van der Waals surface area contributed by atoms with Gasteiger partial charge in [-0.25, -0.2) is 0 Å². The average Bonchev–Trinajstić information content (AvgIpc) is 3.12. The molecule has 0 saturated carbocycles. The summed E-state index contributed by atoms with van der Waals surface area (Å²) in [6.45, 7) is 5.42. The first-order valence-electron chi connectivity index (χ1n) is 9.90. The van der Waals surface area contributed by atoms with E-state index >= 15 is 0 Å². The van der Waals surface area contributed by atoms with Crippen molar-refractivity contribution in [3.05, 3.63) is 63.5 Å². The van der Waals surface area contributed by atoms with Gasteiger partial charge < -0.3 is 4.57 Å². The molecule has 0 fully saturated rings. The molecule has 2 aromatic heterocycles. The molecule has 1 aliphatic heterocycles. The normalized spacial score (nSPS) is 14.3. The van der Waals surface area contributed by atoms with Crippen molar-refractivity contribution in [2.75, 3.05) is 0 Å². The minimum absolute atomic E-state index is 0.522. The predicted molar refractivity (Wildman–Crippen MR) is 113 cm³/mol. The lowest BCUT2D eigenvalue weighted by Crippen LogP contribution is -2.05. The van der Waals surface area contributed by atoms with Crippen molar-refractivity contribution in [3.63, 3.8) is 0 Å². The van der Waals surface area contributed by atoms with E-state index in [4.69, 9.17) is 11.6 Å². The zero-order chi connectivity index (χ0) is 20.4. The van der Waals surface area contributed by atoms with Crippen LogP contribution in [0.5, 0.6) is 0 Å². The van der Waals surface area contributed by atoms with Crippen molar-refractivity contribution in [1.82, 2.24) is 24.5 Å². The monoisotopic (exact) mass is 406 g/mol. The summed E-state index contributed by atoms with van der Waals surface area (Å²) >= 11 is 6.31. The van der Waals surface area contributed by atoms with Gasteiger partial charge in [0.05, 0.1) is 17.8 Å². The summed E-state index contributed by atoms with van der Waals surface area (Å²) in [5, 5.41) is 23.9. The maximum Gasteiger partial charge on any atom is 0.174 e. The van der Waals surface area contributed by atoms with Crippen molar-refractivity contribution in [1.29, 1.82) is 5.26 Å². The average molecular weight is 407 g/mol. The highest BCUT2D eigenvalue weighted by molar-refractivity contribution is 6.31. The summed E-state index contributed by atoms with van der Waals surface area (Å²) in [6, 6.07) is 10.1. The Hall–Kier alpha value is -2.91. The number of nitriles is 1. The Bertz CT molecular complexity index is 1120. The third-order valence-electron chi connectivity index (χ3n) is 5.47. The summed E-state index contributed by atoms with van der Waals surface area (Å²) in [5.41, 5.74) is 4.34. The fraction of sp³-hybridized carbons (Fsp3) is 0.364. The molecule has 0 spiro atoms. The van der Waals surface area contributed by atoms with Crippen LogP contribution in [0.4, 0.5) is 0 Å². The maximum absolute atomic E-state index is 9.85. The molecule has 0 atom stereocenters. The fourth-order valence-corrected chi connectivity index (χ4v) is 4.03. The Kier molecular flexibility index (Phi) is 5.50. The van der Waals surface area contributed by atoms with Gasteiger partial charge in [0.1, 0.15) is 11.9 Å². The Morgan fingerprint density at radius 1 is 1.21 bits per heavy atom. The van der Waals surface area contributed by atoms with E-state index in [2.05, 4.69) is 25.9 Å². The Morgan fingerprint density at radius 2 is 2.03 bits per heavy atom. The van der Waals surface area contributed by atoms with E-state index in [1.807, 2.05) is 48.9 Å². The second-order valence-corrected chi connectivity index (χ2v) is 7.81. The second kappa shape index (κ2) is 8.22. The summed E-state index contributed by atoms with van der Waals surface area (Å²) in [4.78, 5) is 0. The van der Waals surface area contributed by atoms with E-state index < -0.39 is 0 Å². The van der Waals surface area contributed by atoms with Gasteiger partial charge in [0.25, 0.3) is 0 Å². The highest BCUT2D eigenvalue weighted by Crippen LogP contribution is 2.25. The van der Waals surface area contributed by atoms with Gasteiger partial charge >= 0.3 is 0 Å². The molecule has 0 saturated heterocycles. The highest BCUT2D eigenvalue weighted by atomic mass is 35.5. The third-order valence-corrected chi connectivity index (χ3v) is 5.84. The molecular weight excluding hydrogens is 384 g/mol. The first kappa shape index (κ1) is 19.4. The van der Waals surface area contributed by atoms with E-state index in [9.17, 15) is 5.26 Å². The van der Waals surface area contributed by atoms with E-state index in [-0.39, 0.29) is 0 Å². The summed E-state index contributed by atoms with van der Waals surface area (Å²) < 4.78 is 4.03. The number of benzene rings is 1. The van der Waals surface area contributed by atoms with Gasteiger partial charge in [-0.3, -0.25) is 4.68 Å². The Balaban J connectivity index is 1.71. The van der Waals surface area contributed by atoms with Crippen molar-refractivity contribution >= 4 is 23.3 Å². The number of hydrogen-bond donors (Lipinski definition) is 0. The number of allylic oxidation sites excluding steroid dienone is 1. The number of halogens is 1. The molecule has 0 amide bonds. The minimum atomic E-state index is 0.522. The molecule has 29 heavy (non-hydrogen) atoms. The molecular formula is C22H23ClN6. The van der Waals surface area contributed by atoms with Gasteiger partial charge in [-0.05, 0) is 44.4 Å². The number of nitrogens with zero attached hydrogens (tertiary/aromatic N) is 6. The quantitative estimate of drug-likeness (QED) is 0.594. The largest absolute Gasteiger partial charge is 0.310 e. The lowest BCUT2D eigenvalue weighted by molar-refractivity contribution is 0.627. The minimum Gasteiger partial charge on any atom is -0.310 e. The smallest absolute Gasteiger partial charge is 0.174 e. The van der Waals surface area contributed by atoms with Crippen molar-refractivity contribution in [3.8, 4) is 6.07 Å². The van der Waals surface area contributed by atoms with Crippen molar-refractivity contribution < 1.29 is 0 Å². The molecule has 0 radical (unpaired) electrons. The van der Waals surface area contributed by atoms with Crippen LogP contribution < -0.4 is 0 Å². The molecule has 0 unspecified atom stereocenters. The van der Waals surface area contributed by atoms with Gasteiger partial charge in [0.15, 0.2) is 5.82 Å². The molecule has 3 heterocycles. The fourth-order valence-electron chi connectivity index (χ4n) is 3.84. The first-order chi connectivity index (χ1) is 14.1. The molecule has 0 N–H and O–H groups in total. The SMILES string of the molecule is Cc1nn(Cc2ccccc2Cl)c(C)c1C=C(C#N)c1nnc2n1CCCCC2. The molecule has 4 rings (SSSR count). The number of aromatic nitrogens is 5. The van der Waals surface area contributed by atoms with Gasteiger partial charge in [-0.15, -0.1) is 10.2 Å². The maximum atomic E-state index is 9.85. The van der Waals surface area contributed by atoms with Crippen LogP contribution in [-0.4, -0.2) is 24.5 Å². The van der Waals surface area contributed by atoms with Crippen LogP contribution in [0, 0.1) is 25.2 Å². The molecule has 0 aliphatic carbocycles. The van der Waals surface area contributed by atoms with Gasteiger partial charge in [0, 0.05) is 29.2 Å². The van der Waals surface area contributed by atoms with Crippen LogP contribution in [0.2, 0.25) is 5.02 Å². The van der Waals surface area contributed by atoms with E-state index in [0.29, 0.717) is 17.9 Å². The molecule has 148 valence electrons. The molecule has 6 nitrogen and oxygen atoms in total. The molecule has 1 aliphatic rings. The zero-order valence-corrected chi connectivity index (χ0v) is 17.4. The zero-order valence-electron chi connectivity index (χ0n) is 16.7. The first-order valence-corrected chi connectivity index (χ1v) is 10.3. The molecule has 1 aromatic carbocycles. The highest BCUT2D eigenvalue weighted by Gasteiger charge is 2.19. The van der Waals surface area contributed by atoms with Gasteiger partial charge in [-0.2, -0.15) is 10.4 Å². The summed E-state index contributed by atoms with van der Waals surface area (Å²) in [7, 11) is 0. The molecule has 3 aromatic rings. The van der Waals surface area contributed by atoms with Crippen LogP contribution in [0.25, 0.3) is 11.6 Å². The lowest BCUT2D eigenvalue weighted by atomic mass is 10.1. The number of rotatable bonds is 4.